The van der Waals surface area contributed by atoms with Gasteiger partial charge in [0, 0.05) is 12.1 Å². The largest absolute Gasteiger partial charge is 0.315 e. The number of benzene rings is 1. The first kappa shape index (κ1) is 28.5. The molecule has 182 valence electrons. The molecule has 0 saturated heterocycles. The molecule has 0 aliphatic heterocycles. The number of sulfonamides is 1. The second-order valence-electron chi connectivity index (χ2n) is 8.10. The Balaban J connectivity index is 1.99. The molecule has 0 aromatic heterocycles. The van der Waals surface area contributed by atoms with Gasteiger partial charge in [-0.1, -0.05) is 84.0 Å². The van der Waals surface area contributed by atoms with Crippen LogP contribution in [0.1, 0.15) is 96.8 Å². The van der Waals surface area contributed by atoms with Crippen molar-refractivity contribution in [3.05, 3.63) is 24.3 Å². The second kappa shape index (κ2) is 17.0. The number of nitrogens with two attached hydrogens (primary N) is 1. The summed E-state index contributed by atoms with van der Waals surface area (Å²) in [6.07, 6.45) is 16.7. The number of nitrogens with one attached hydrogen (secondary N) is 2. The molecular weight excluding hydrogens is 446 g/mol. The predicted molar refractivity (Wildman–Crippen MR) is 133 cm³/mol. The summed E-state index contributed by atoms with van der Waals surface area (Å²) in [6, 6.07) is 5.49. The van der Waals surface area contributed by atoms with Crippen LogP contribution in [-0.4, -0.2) is 19.6 Å². The van der Waals surface area contributed by atoms with Gasteiger partial charge in [-0.05, 0) is 30.7 Å². The van der Waals surface area contributed by atoms with Crippen LogP contribution >= 0.6 is 11.9 Å². The molecule has 1 aromatic carbocycles. The number of hydrogen-bond donors (Lipinski definition) is 3. The molecule has 0 aliphatic carbocycles. The van der Waals surface area contributed by atoms with Gasteiger partial charge in [-0.3, -0.25) is 14.3 Å². The molecule has 2 amide bonds. The van der Waals surface area contributed by atoms with E-state index in [0.29, 0.717) is 24.1 Å². The fraction of sp³-hybridized carbons (Fsp3) is 0.652. The van der Waals surface area contributed by atoms with E-state index < -0.39 is 15.3 Å². The summed E-state index contributed by atoms with van der Waals surface area (Å²) in [6.45, 7) is 2.25. The molecule has 0 aliphatic rings. The quantitative estimate of drug-likeness (QED) is 0.193. The molecule has 0 bridgehead atoms. The average molecular weight is 486 g/mol. The smallest absolute Gasteiger partial charge is 0.304 e. The lowest BCUT2D eigenvalue weighted by molar-refractivity contribution is -0.119. The highest BCUT2D eigenvalue weighted by Gasteiger charge is 2.10. The van der Waals surface area contributed by atoms with Crippen LogP contribution in [0.15, 0.2) is 29.2 Å². The summed E-state index contributed by atoms with van der Waals surface area (Å²) in [4.78, 5) is 23.7. The average Bonchev–Trinajstić information content (AvgIpc) is 2.75. The molecule has 0 spiro atoms. The molecule has 7 nitrogen and oxygen atoms in total. The maximum Gasteiger partial charge on any atom is 0.304 e. The van der Waals surface area contributed by atoms with Crippen LogP contribution in [0.25, 0.3) is 0 Å². The molecule has 0 fully saturated rings. The second-order valence-corrected chi connectivity index (χ2v) is 10.4. The van der Waals surface area contributed by atoms with Crippen LogP contribution in [0.3, 0.4) is 0 Å². The normalized spacial score (nSPS) is 11.3. The van der Waals surface area contributed by atoms with Crippen LogP contribution in [0.4, 0.5) is 10.5 Å². The van der Waals surface area contributed by atoms with Crippen LogP contribution in [0, 0.1) is 0 Å². The first-order chi connectivity index (χ1) is 15.3. The van der Waals surface area contributed by atoms with Gasteiger partial charge < -0.3 is 5.32 Å². The van der Waals surface area contributed by atoms with Gasteiger partial charge in [-0.2, -0.15) is 0 Å². The number of rotatable bonds is 16. The molecule has 0 atom stereocenters. The van der Waals surface area contributed by atoms with Crippen LogP contribution in [0.2, 0.25) is 0 Å². The topological polar surface area (TPSA) is 118 Å². The van der Waals surface area contributed by atoms with E-state index in [1.54, 1.807) is 0 Å². The number of primary sulfonamides is 1. The van der Waals surface area contributed by atoms with Gasteiger partial charge in [0.2, 0.25) is 15.9 Å². The summed E-state index contributed by atoms with van der Waals surface area (Å²) >= 11 is 0.682. The summed E-state index contributed by atoms with van der Waals surface area (Å²) in [5.41, 5.74) is 0.417. The Morgan fingerprint density at radius 2 is 1.28 bits per heavy atom. The van der Waals surface area contributed by atoms with Crippen molar-refractivity contribution in [2.45, 2.75) is 102 Å². The molecule has 0 radical (unpaired) electrons. The van der Waals surface area contributed by atoms with Crippen molar-refractivity contribution >= 4 is 38.8 Å². The van der Waals surface area contributed by atoms with Crippen molar-refractivity contribution in [1.29, 1.82) is 0 Å². The molecule has 0 saturated carbocycles. The highest BCUT2D eigenvalue weighted by Crippen LogP contribution is 2.15. The van der Waals surface area contributed by atoms with E-state index in [-0.39, 0.29) is 10.8 Å². The van der Waals surface area contributed by atoms with Crippen molar-refractivity contribution in [2.75, 3.05) is 5.32 Å². The van der Waals surface area contributed by atoms with E-state index in [1.807, 2.05) is 0 Å². The fourth-order valence-electron chi connectivity index (χ4n) is 3.33. The van der Waals surface area contributed by atoms with E-state index in [9.17, 15) is 18.0 Å². The van der Waals surface area contributed by atoms with E-state index >= 15 is 0 Å². The number of amides is 2. The van der Waals surface area contributed by atoms with E-state index in [0.717, 1.165) is 19.3 Å². The number of carbonyl (C=O) groups excluding carboxylic acids is 2. The first-order valence-electron chi connectivity index (χ1n) is 11.7. The van der Waals surface area contributed by atoms with Gasteiger partial charge in [-0.15, -0.1) is 0 Å². The van der Waals surface area contributed by atoms with Crippen molar-refractivity contribution in [3.63, 3.8) is 0 Å². The molecule has 1 aromatic rings. The molecule has 0 heterocycles. The van der Waals surface area contributed by atoms with Gasteiger partial charge in [0.05, 0.1) is 16.8 Å². The minimum absolute atomic E-state index is 0.0331. The van der Waals surface area contributed by atoms with Gasteiger partial charge in [0.1, 0.15) is 0 Å². The number of hydrogen-bond acceptors (Lipinski definition) is 5. The SMILES string of the molecule is CCCCCCCCCCCCCCCC(=O)NSC(=O)Nc1ccc(S(N)(=O)=O)cc1. The first-order valence-corrected chi connectivity index (χ1v) is 14.1. The minimum atomic E-state index is -3.77. The fourth-order valence-corrected chi connectivity index (χ4v) is 4.32. The lowest BCUT2D eigenvalue weighted by Crippen LogP contribution is -2.20. The molecule has 4 N–H and O–H groups in total. The van der Waals surface area contributed by atoms with Crippen molar-refractivity contribution < 1.29 is 18.0 Å². The van der Waals surface area contributed by atoms with E-state index in [4.69, 9.17) is 5.14 Å². The molecule has 0 unspecified atom stereocenters. The Morgan fingerprint density at radius 3 is 1.75 bits per heavy atom. The lowest BCUT2D eigenvalue weighted by atomic mass is 10.0. The zero-order valence-corrected chi connectivity index (χ0v) is 20.9. The Hall–Kier alpha value is -1.58. The Labute approximate surface area is 197 Å². The van der Waals surface area contributed by atoms with Gasteiger partial charge in [0.15, 0.2) is 0 Å². The molecule has 9 heteroatoms. The number of anilines is 1. The minimum Gasteiger partial charge on any atom is -0.315 e. The van der Waals surface area contributed by atoms with Crippen LogP contribution < -0.4 is 15.2 Å². The lowest BCUT2D eigenvalue weighted by Gasteiger charge is -2.07. The third kappa shape index (κ3) is 14.5. The van der Waals surface area contributed by atoms with Gasteiger partial charge >= 0.3 is 5.24 Å². The maximum atomic E-state index is 11.9. The zero-order valence-electron chi connectivity index (χ0n) is 19.2. The van der Waals surface area contributed by atoms with E-state index in [2.05, 4.69) is 17.0 Å². The summed E-state index contributed by atoms with van der Waals surface area (Å²) in [7, 11) is -3.77. The van der Waals surface area contributed by atoms with Gasteiger partial charge in [0.25, 0.3) is 0 Å². The summed E-state index contributed by atoms with van der Waals surface area (Å²) in [5, 5.41) is 7.15. The Morgan fingerprint density at radius 1 is 0.812 bits per heavy atom. The van der Waals surface area contributed by atoms with E-state index in [1.165, 1.54) is 88.5 Å². The standard InChI is InChI=1S/C23H39N3O4S2/c1-2-3-4-5-6-7-8-9-10-11-12-13-14-15-22(27)26-31-23(28)25-20-16-18-21(19-17-20)32(24,29)30/h16-19H,2-15H2,1H3,(H,25,28)(H,26,27)(H2,24,29,30). The molecular formula is C23H39N3O4S2. The third-order valence-electron chi connectivity index (χ3n) is 5.19. The number of carbonyl (C=O) groups is 2. The summed E-state index contributed by atoms with van der Waals surface area (Å²) in [5.74, 6) is -0.169. The molecule has 1 rings (SSSR count). The molecule has 32 heavy (non-hydrogen) atoms. The Bertz CT molecular complexity index is 768. The monoisotopic (exact) mass is 485 g/mol. The third-order valence-corrected chi connectivity index (χ3v) is 6.74. The highest BCUT2D eigenvalue weighted by molar-refractivity contribution is 8.12. The number of unbranched alkanes of at least 4 members (excludes halogenated alkanes) is 12. The highest BCUT2D eigenvalue weighted by atomic mass is 32.2. The maximum absolute atomic E-state index is 11.9. The van der Waals surface area contributed by atoms with Crippen molar-refractivity contribution in [1.82, 2.24) is 4.72 Å². The van der Waals surface area contributed by atoms with Gasteiger partial charge in [-0.25, -0.2) is 13.6 Å². The predicted octanol–water partition coefficient (Wildman–Crippen LogP) is 6.11. The Kier molecular flexibility index (Phi) is 15.1. The summed E-state index contributed by atoms with van der Waals surface area (Å²) < 4.78 is 25.0. The van der Waals surface area contributed by atoms with Crippen molar-refractivity contribution in [3.8, 4) is 0 Å². The van der Waals surface area contributed by atoms with Crippen LogP contribution in [0.5, 0.6) is 0 Å². The zero-order chi connectivity index (χ0) is 23.7. The van der Waals surface area contributed by atoms with Crippen molar-refractivity contribution in [2.24, 2.45) is 5.14 Å². The van der Waals surface area contributed by atoms with Crippen LogP contribution in [-0.2, 0) is 14.8 Å².